The number of piperazine rings is 1. The molecule has 4 rings (SSSR count). The van der Waals surface area contributed by atoms with Crippen molar-refractivity contribution in [1.29, 1.82) is 0 Å². The van der Waals surface area contributed by atoms with E-state index in [0.29, 0.717) is 30.3 Å². The number of likely N-dealkylation sites (N-methyl/N-ethyl adjacent to an activating group) is 1. The third kappa shape index (κ3) is 6.31. The van der Waals surface area contributed by atoms with Gasteiger partial charge in [-0.05, 0) is 63.4 Å². The predicted octanol–water partition coefficient (Wildman–Crippen LogP) is 4.44. The van der Waals surface area contributed by atoms with E-state index in [0.717, 1.165) is 43.0 Å². The number of aromatic nitrogens is 1. The molecule has 0 spiro atoms. The lowest BCUT2D eigenvalue weighted by Gasteiger charge is -2.36. The molecule has 36 heavy (non-hydrogen) atoms. The molecule has 1 unspecified atom stereocenters. The van der Waals surface area contributed by atoms with Crippen LogP contribution in [0.2, 0.25) is 0 Å². The Morgan fingerprint density at radius 2 is 1.89 bits per heavy atom. The molecule has 3 aromatic rings. The molecular formula is C28H33FN4O3. The average Bonchev–Trinajstić information content (AvgIpc) is 2.89. The maximum absolute atomic E-state index is 14.2. The van der Waals surface area contributed by atoms with E-state index < -0.39 is 0 Å². The predicted molar refractivity (Wildman–Crippen MR) is 138 cm³/mol. The minimum Gasteiger partial charge on any atom is -0.490 e. The number of amides is 1. The normalized spacial score (nSPS) is 14.8. The second-order valence-corrected chi connectivity index (χ2v) is 8.93. The molecule has 0 bridgehead atoms. The van der Waals surface area contributed by atoms with E-state index in [-0.39, 0.29) is 17.8 Å². The number of hydrogen-bond donors (Lipinski definition) is 1. The smallest absolute Gasteiger partial charge is 0.251 e. The van der Waals surface area contributed by atoms with Gasteiger partial charge in [-0.15, -0.1) is 0 Å². The molecule has 1 atom stereocenters. The van der Waals surface area contributed by atoms with Crippen LogP contribution in [0.4, 0.5) is 10.1 Å². The zero-order chi connectivity index (χ0) is 25.5. The summed E-state index contributed by atoms with van der Waals surface area (Å²) in [5.41, 5.74) is 3.08. The molecule has 2 heterocycles. The van der Waals surface area contributed by atoms with E-state index >= 15 is 0 Å². The first-order valence-corrected chi connectivity index (χ1v) is 12.3. The third-order valence-corrected chi connectivity index (χ3v) is 6.27. The number of carbonyl (C=O) groups is 1. The van der Waals surface area contributed by atoms with Gasteiger partial charge in [0.2, 0.25) is 0 Å². The highest BCUT2D eigenvalue weighted by Crippen LogP contribution is 2.31. The molecule has 8 heteroatoms. The fourth-order valence-corrected chi connectivity index (χ4v) is 4.25. The van der Waals surface area contributed by atoms with Crippen molar-refractivity contribution >= 4 is 11.6 Å². The first-order valence-electron chi connectivity index (χ1n) is 12.3. The number of pyridine rings is 1. The summed E-state index contributed by atoms with van der Waals surface area (Å²) < 4.78 is 25.9. The lowest BCUT2D eigenvalue weighted by molar-refractivity contribution is 0.0939. The van der Waals surface area contributed by atoms with Crippen molar-refractivity contribution in [3.05, 3.63) is 83.4 Å². The van der Waals surface area contributed by atoms with Crippen LogP contribution in [0.3, 0.4) is 0 Å². The standard InChI is InChI=1S/C28H33FN4O3/c1-4-35-27-16-22(7-10-26(27)36-19-21-6-5-11-30-18-21)28(34)31-20(2)24-17-23(29)8-9-25(24)33-14-12-32(3)13-15-33/h5-11,16-18,20H,4,12-15,19H2,1-3H3,(H,31,34). The quantitative estimate of drug-likeness (QED) is 0.476. The number of carbonyl (C=O) groups excluding carboxylic acids is 1. The average molecular weight is 493 g/mol. The fraction of sp³-hybridized carbons (Fsp3) is 0.357. The molecule has 1 N–H and O–H groups in total. The summed E-state index contributed by atoms with van der Waals surface area (Å²) in [4.78, 5) is 21.8. The minimum absolute atomic E-state index is 0.268. The van der Waals surface area contributed by atoms with Gasteiger partial charge in [-0.2, -0.15) is 0 Å². The van der Waals surface area contributed by atoms with Crippen molar-refractivity contribution in [2.75, 3.05) is 44.7 Å². The molecule has 7 nitrogen and oxygen atoms in total. The summed E-state index contributed by atoms with van der Waals surface area (Å²) in [6.07, 6.45) is 3.45. The number of ether oxygens (including phenoxy) is 2. The highest BCUT2D eigenvalue weighted by molar-refractivity contribution is 5.95. The van der Waals surface area contributed by atoms with Crippen molar-refractivity contribution < 1.29 is 18.7 Å². The summed E-state index contributed by atoms with van der Waals surface area (Å²) >= 11 is 0. The number of anilines is 1. The summed E-state index contributed by atoms with van der Waals surface area (Å²) in [5, 5.41) is 3.03. The maximum Gasteiger partial charge on any atom is 0.251 e. The van der Waals surface area contributed by atoms with Gasteiger partial charge in [0.25, 0.3) is 5.91 Å². The second kappa shape index (κ2) is 11.9. The van der Waals surface area contributed by atoms with E-state index in [9.17, 15) is 9.18 Å². The van der Waals surface area contributed by atoms with Crippen LogP contribution in [0, 0.1) is 5.82 Å². The van der Waals surface area contributed by atoms with Crippen LogP contribution < -0.4 is 19.7 Å². The summed E-state index contributed by atoms with van der Waals surface area (Å²) in [7, 11) is 2.09. The van der Waals surface area contributed by atoms with E-state index in [1.165, 1.54) is 12.1 Å². The van der Waals surface area contributed by atoms with Crippen LogP contribution in [0.15, 0.2) is 60.9 Å². The van der Waals surface area contributed by atoms with Gasteiger partial charge in [0.05, 0.1) is 12.6 Å². The van der Waals surface area contributed by atoms with Gasteiger partial charge < -0.3 is 24.6 Å². The van der Waals surface area contributed by atoms with Gasteiger partial charge in [0.1, 0.15) is 12.4 Å². The first kappa shape index (κ1) is 25.4. The van der Waals surface area contributed by atoms with Gasteiger partial charge in [0.15, 0.2) is 11.5 Å². The van der Waals surface area contributed by atoms with Gasteiger partial charge in [-0.25, -0.2) is 4.39 Å². The molecular weight excluding hydrogens is 459 g/mol. The highest BCUT2D eigenvalue weighted by Gasteiger charge is 2.22. The molecule has 1 fully saturated rings. The zero-order valence-corrected chi connectivity index (χ0v) is 21.0. The summed E-state index contributed by atoms with van der Waals surface area (Å²) in [5.74, 6) is 0.451. The van der Waals surface area contributed by atoms with E-state index in [1.807, 2.05) is 26.0 Å². The number of nitrogens with one attached hydrogen (secondary N) is 1. The maximum atomic E-state index is 14.2. The van der Waals surface area contributed by atoms with Crippen molar-refractivity contribution in [2.45, 2.75) is 26.5 Å². The van der Waals surface area contributed by atoms with E-state index in [2.05, 4.69) is 27.1 Å². The second-order valence-electron chi connectivity index (χ2n) is 8.93. The van der Waals surface area contributed by atoms with Crippen LogP contribution in [-0.2, 0) is 6.61 Å². The monoisotopic (exact) mass is 492 g/mol. The Bertz CT molecular complexity index is 1170. The molecule has 1 saturated heterocycles. The number of benzene rings is 2. The number of hydrogen-bond acceptors (Lipinski definition) is 6. The molecule has 1 aliphatic heterocycles. The molecule has 1 aromatic heterocycles. The highest BCUT2D eigenvalue weighted by atomic mass is 19.1. The Hall–Kier alpha value is -3.65. The minimum atomic E-state index is -0.389. The molecule has 0 aliphatic carbocycles. The Labute approximate surface area is 211 Å². The molecule has 0 radical (unpaired) electrons. The lowest BCUT2D eigenvalue weighted by atomic mass is 10.0. The van der Waals surface area contributed by atoms with Crippen LogP contribution in [0.5, 0.6) is 11.5 Å². The summed E-state index contributed by atoms with van der Waals surface area (Å²) in [6, 6.07) is 13.3. The first-order chi connectivity index (χ1) is 17.4. The zero-order valence-electron chi connectivity index (χ0n) is 21.0. The van der Waals surface area contributed by atoms with E-state index in [1.54, 1.807) is 36.7 Å². The Kier molecular flexibility index (Phi) is 8.38. The van der Waals surface area contributed by atoms with Gasteiger partial charge in [-0.1, -0.05) is 6.07 Å². The Morgan fingerprint density at radius 3 is 2.61 bits per heavy atom. The van der Waals surface area contributed by atoms with Crippen molar-refractivity contribution in [1.82, 2.24) is 15.2 Å². The molecule has 0 saturated carbocycles. The SMILES string of the molecule is CCOc1cc(C(=O)NC(C)c2cc(F)ccc2N2CCN(C)CC2)ccc1OCc1cccnc1. The van der Waals surface area contributed by atoms with E-state index in [4.69, 9.17) is 9.47 Å². The Balaban J connectivity index is 1.49. The van der Waals surface area contributed by atoms with Crippen molar-refractivity contribution in [3.8, 4) is 11.5 Å². The number of nitrogens with zero attached hydrogens (tertiary/aromatic N) is 3. The fourth-order valence-electron chi connectivity index (χ4n) is 4.25. The largest absolute Gasteiger partial charge is 0.490 e. The number of halogens is 1. The van der Waals surface area contributed by atoms with Gasteiger partial charge >= 0.3 is 0 Å². The lowest BCUT2D eigenvalue weighted by Crippen LogP contribution is -2.45. The van der Waals surface area contributed by atoms with Crippen LogP contribution in [-0.4, -0.2) is 55.6 Å². The van der Waals surface area contributed by atoms with Crippen molar-refractivity contribution in [2.24, 2.45) is 0 Å². The number of rotatable bonds is 9. The van der Waals surface area contributed by atoms with Crippen molar-refractivity contribution in [3.63, 3.8) is 0 Å². The molecule has 1 aliphatic rings. The van der Waals surface area contributed by atoms with Crippen LogP contribution in [0.1, 0.15) is 41.4 Å². The van der Waals surface area contributed by atoms with Crippen LogP contribution in [0.25, 0.3) is 0 Å². The summed E-state index contributed by atoms with van der Waals surface area (Å²) in [6.45, 7) is 8.11. The Morgan fingerprint density at radius 1 is 1.08 bits per heavy atom. The molecule has 1 amide bonds. The topological polar surface area (TPSA) is 66.9 Å². The van der Waals surface area contributed by atoms with Gasteiger partial charge in [-0.3, -0.25) is 9.78 Å². The molecule has 190 valence electrons. The third-order valence-electron chi connectivity index (χ3n) is 6.27. The van der Waals surface area contributed by atoms with Gasteiger partial charge in [0, 0.05) is 61.0 Å². The van der Waals surface area contributed by atoms with Crippen LogP contribution >= 0.6 is 0 Å². The molecule has 2 aromatic carbocycles.